The maximum Gasteiger partial charge on any atom is 0.0406 e. The molecule has 1 N–H and O–H groups in total. The van der Waals surface area contributed by atoms with Crippen LogP contribution in [-0.2, 0) is 13.0 Å². The molecule has 0 bridgehead atoms. The summed E-state index contributed by atoms with van der Waals surface area (Å²) in [5, 5.41) is 4.28. The second-order valence-corrected chi connectivity index (χ2v) is 6.05. The summed E-state index contributed by atoms with van der Waals surface area (Å²) in [6.07, 6.45) is 1.01. The van der Waals surface area contributed by atoms with E-state index < -0.39 is 0 Å². The third-order valence-corrected chi connectivity index (χ3v) is 4.15. The van der Waals surface area contributed by atoms with Crippen LogP contribution in [0.3, 0.4) is 0 Å². The van der Waals surface area contributed by atoms with Crippen molar-refractivity contribution in [3.05, 3.63) is 95.0 Å². The summed E-state index contributed by atoms with van der Waals surface area (Å²) >= 11 is 5.89. The molecule has 0 saturated heterocycles. The van der Waals surface area contributed by atoms with Crippen molar-refractivity contribution in [2.24, 2.45) is 0 Å². The van der Waals surface area contributed by atoms with Gasteiger partial charge in [-0.2, -0.15) is 0 Å². The highest BCUT2D eigenvalue weighted by molar-refractivity contribution is 6.30. The topological polar surface area (TPSA) is 12.0 Å². The average molecular weight is 322 g/mol. The summed E-state index contributed by atoms with van der Waals surface area (Å²) in [6.45, 7) is 1.85. The maximum absolute atomic E-state index is 5.89. The molecule has 116 valence electrons. The molecule has 0 amide bonds. The smallest absolute Gasteiger partial charge is 0.0406 e. The third-order valence-electron chi connectivity index (χ3n) is 3.89. The fourth-order valence-electron chi connectivity index (χ4n) is 2.56. The highest BCUT2D eigenvalue weighted by atomic mass is 35.5. The molecule has 1 nitrogen and oxygen atoms in total. The molecule has 0 aliphatic rings. The van der Waals surface area contributed by atoms with E-state index in [-0.39, 0.29) is 0 Å². The molecule has 0 heterocycles. The van der Waals surface area contributed by atoms with Crippen molar-refractivity contribution < 1.29 is 0 Å². The number of halogens is 1. The first kappa shape index (κ1) is 15.8. The van der Waals surface area contributed by atoms with Crippen LogP contribution in [0.1, 0.15) is 11.1 Å². The Balaban J connectivity index is 1.48. The number of benzene rings is 3. The van der Waals surface area contributed by atoms with Gasteiger partial charge < -0.3 is 5.32 Å². The first-order valence-corrected chi connectivity index (χ1v) is 8.28. The van der Waals surface area contributed by atoms with E-state index in [2.05, 4.69) is 66.0 Å². The van der Waals surface area contributed by atoms with E-state index in [1.165, 1.54) is 22.3 Å². The van der Waals surface area contributed by atoms with Crippen molar-refractivity contribution in [3.63, 3.8) is 0 Å². The minimum absolute atomic E-state index is 0.792. The molecule has 0 spiro atoms. The SMILES string of the molecule is Clc1ccc(CCNCc2ccc(-c3ccccc3)cc2)cc1. The molecule has 0 atom stereocenters. The first-order chi connectivity index (χ1) is 11.3. The second kappa shape index (κ2) is 7.96. The molecule has 0 radical (unpaired) electrons. The molecule has 3 rings (SSSR count). The van der Waals surface area contributed by atoms with Gasteiger partial charge in [-0.25, -0.2) is 0 Å². The van der Waals surface area contributed by atoms with Gasteiger partial charge in [0.15, 0.2) is 0 Å². The van der Waals surface area contributed by atoms with Gasteiger partial charge in [0.25, 0.3) is 0 Å². The third kappa shape index (κ3) is 4.69. The highest BCUT2D eigenvalue weighted by Gasteiger charge is 1.98. The number of nitrogens with one attached hydrogen (secondary N) is 1. The molecule has 0 aliphatic heterocycles. The summed E-state index contributed by atoms with van der Waals surface area (Å²) in [5.74, 6) is 0. The molecule has 23 heavy (non-hydrogen) atoms. The predicted octanol–water partition coefficient (Wildman–Crippen LogP) is 5.34. The van der Waals surface area contributed by atoms with E-state index in [0.29, 0.717) is 0 Å². The van der Waals surface area contributed by atoms with Gasteiger partial charge in [0.2, 0.25) is 0 Å². The molecule has 3 aromatic carbocycles. The van der Waals surface area contributed by atoms with E-state index in [4.69, 9.17) is 11.6 Å². The minimum atomic E-state index is 0.792. The fourth-order valence-corrected chi connectivity index (χ4v) is 2.69. The van der Waals surface area contributed by atoms with E-state index >= 15 is 0 Å². The lowest BCUT2D eigenvalue weighted by atomic mass is 10.0. The Kier molecular flexibility index (Phi) is 5.46. The molecule has 0 fully saturated rings. The summed E-state index contributed by atoms with van der Waals surface area (Å²) in [4.78, 5) is 0. The second-order valence-electron chi connectivity index (χ2n) is 5.62. The zero-order valence-electron chi connectivity index (χ0n) is 13.0. The van der Waals surface area contributed by atoms with Crippen LogP contribution in [-0.4, -0.2) is 6.54 Å². The van der Waals surface area contributed by atoms with Crippen molar-refractivity contribution in [3.8, 4) is 11.1 Å². The molecule has 0 aromatic heterocycles. The number of hydrogen-bond acceptors (Lipinski definition) is 1. The van der Waals surface area contributed by atoms with Gasteiger partial charge in [0.05, 0.1) is 0 Å². The van der Waals surface area contributed by atoms with Gasteiger partial charge in [0.1, 0.15) is 0 Å². The molecule has 0 aliphatic carbocycles. The van der Waals surface area contributed by atoms with Gasteiger partial charge in [-0.05, 0) is 47.4 Å². The lowest BCUT2D eigenvalue weighted by Gasteiger charge is -2.07. The van der Waals surface area contributed by atoms with Crippen molar-refractivity contribution >= 4 is 11.6 Å². The van der Waals surface area contributed by atoms with Gasteiger partial charge in [0, 0.05) is 11.6 Å². The van der Waals surface area contributed by atoms with Crippen LogP contribution in [0.4, 0.5) is 0 Å². The first-order valence-electron chi connectivity index (χ1n) is 7.91. The van der Waals surface area contributed by atoms with Crippen LogP contribution in [0.5, 0.6) is 0 Å². The zero-order valence-corrected chi connectivity index (χ0v) is 13.8. The summed E-state index contributed by atoms with van der Waals surface area (Å²) in [6, 6.07) is 27.3. The van der Waals surface area contributed by atoms with Crippen LogP contribution in [0.2, 0.25) is 5.02 Å². The van der Waals surface area contributed by atoms with Crippen LogP contribution < -0.4 is 5.32 Å². The van der Waals surface area contributed by atoms with Crippen molar-refractivity contribution in [1.29, 1.82) is 0 Å². The van der Waals surface area contributed by atoms with Crippen LogP contribution >= 0.6 is 11.6 Å². The molecule has 0 unspecified atom stereocenters. The molecule has 3 aromatic rings. The Morgan fingerprint density at radius 2 is 1.26 bits per heavy atom. The van der Waals surface area contributed by atoms with Crippen LogP contribution in [0, 0.1) is 0 Å². The lowest BCUT2D eigenvalue weighted by Crippen LogP contribution is -2.16. The Labute approximate surface area is 142 Å². The van der Waals surface area contributed by atoms with Crippen LogP contribution in [0.15, 0.2) is 78.9 Å². The minimum Gasteiger partial charge on any atom is -0.312 e. The number of rotatable bonds is 6. The largest absolute Gasteiger partial charge is 0.312 e. The van der Waals surface area contributed by atoms with Gasteiger partial charge in [-0.3, -0.25) is 0 Å². The molecule has 2 heteroatoms. The van der Waals surface area contributed by atoms with Gasteiger partial charge in [-0.1, -0.05) is 78.3 Å². The summed E-state index contributed by atoms with van der Waals surface area (Å²) in [7, 11) is 0. The Bertz CT molecular complexity index is 718. The predicted molar refractivity (Wildman–Crippen MR) is 98.7 cm³/mol. The summed E-state index contributed by atoms with van der Waals surface area (Å²) in [5.41, 5.74) is 5.13. The van der Waals surface area contributed by atoms with Crippen molar-refractivity contribution in [2.75, 3.05) is 6.54 Å². The van der Waals surface area contributed by atoms with Gasteiger partial charge in [-0.15, -0.1) is 0 Å². The fraction of sp³-hybridized carbons (Fsp3) is 0.143. The zero-order chi connectivity index (χ0) is 15.9. The average Bonchev–Trinajstić information content (AvgIpc) is 2.62. The molecule has 0 saturated carbocycles. The highest BCUT2D eigenvalue weighted by Crippen LogP contribution is 2.19. The normalized spacial score (nSPS) is 10.7. The standard InChI is InChI=1S/C21H20ClN/c22-21-12-8-17(9-13-21)14-15-23-16-18-6-10-20(11-7-18)19-4-2-1-3-5-19/h1-13,23H,14-16H2. The van der Waals surface area contributed by atoms with Crippen molar-refractivity contribution in [1.82, 2.24) is 5.32 Å². The van der Waals surface area contributed by atoms with Crippen molar-refractivity contribution in [2.45, 2.75) is 13.0 Å². The Hall–Kier alpha value is -2.09. The van der Waals surface area contributed by atoms with Crippen LogP contribution in [0.25, 0.3) is 11.1 Å². The quantitative estimate of drug-likeness (QED) is 0.604. The van der Waals surface area contributed by atoms with E-state index in [0.717, 1.165) is 24.5 Å². The lowest BCUT2D eigenvalue weighted by molar-refractivity contribution is 0.687. The molecular weight excluding hydrogens is 302 g/mol. The Morgan fingerprint density at radius 1 is 0.652 bits per heavy atom. The molecular formula is C21H20ClN. The van der Waals surface area contributed by atoms with Gasteiger partial charge >= 0.3 is 0 Å². The number of hydrogen-bond donors (Lipinski definition) is 1. The maximum atomic E-state index is 5.89. The van der Waals surface area contributed by atoms with E-state index in [1.807, 2.05) is 18.2 Å². The van der Waals surface area contributed by atoms with E-state index in [1.54, 1.807) is 0 Å². The monoisotopic (exact) mass is 321 g/mol. The van der Waals surface area contributed by atoms with E-state index in [9.17, 15) is 0 Å². The summed E-state index contributed by atoms with van der Waals surface area (Å²) < 4.78 is 0. The Morgan fingerprint density at radius 3 is 1.96 bits per heavy atom.